The van der Waals surface area contributed by atoms with Crippen molar-refractivity contribution in [1.29, 1.82) is 0 Å². The van der Waals surface area contributed by atoms with Gasteiger partial charge in [-0.25, -0.2) is 4.98 Å². The van der Waals surface area contributed by atoms with Gasteiger partial charge in [0.25, 0.3) is 0 Å². The molecule has 1 aliphatic carbocycles. The highest BCUT2D eigenvalue weighted by molar-refractivity contribution is 5.67. The zero-order valence-electron chi connectivity index (χ0n) is 12.3. The van der Waals surface area contributed by atoms with Gasteiger partial charge in [0.05, 0.1) is 13.2 Å². The number of hydrogen-bond acceptors (Lipinski definition) is 6. The van der Waals surface area contributed by atoms with Gasteiger partial charge in [-0.15, -0.1) is 0 Å². The van der Waals surface area contributed by atoms with Gasteiger partial charge in [-0.1, -0.05) is 13.3 Å². The van der Waals surface area contributed by atoms with Crippen LogP contribution in [-0.4, -0.2) is 36.8 Å². The normalized spacial score (nSPS) is 14.3. The van der Waals surface area contributed by atoms with Crippen LogP contribution in [0.15, 0.2) is 0 Å². The highest BCUT2D eigenvalue weighted by atomic mass is 16.5. The second-order valence-corrected chi connectivity index (χ2v) is 5.05. The van der Waals surface area contributed by atoms with E-state index >= 15 is 0 Å². The van der Waals surface area contributed by atoms with Crippen LogP contribution in [0.4, 0.5) is 11.5 Å². The van der Waals surface area contributed by atoms with Crippen molar-refractivity contribution in [1.82, 2.24) is 9.97 Å². The van der Waals surface area contributed by atoms with Gasteiger partial charge in [-0.05, 0) is 19.3 Å². The summed E-state index contributed by atoms with van der Waals surface area (Å²) in [6.07, 6.45) is 4.37. The van der Waals surface area contributed by atoms with E-state index in [1.165, 1.54) is 0 Å². The number of nitrogens with one attached hydrogen (secondary N) is 1. The van der Waals surface area contributed by atoms with Crippen LogP contribution in [-0.2, 0) is 4.74 Å². The minimum Gasteiger partial charge on any atom is -0.476 e. The van der Waals surface area contributed by atoms with Crippen LogP contribution in [0.25, 0.3) is 0 Å². The molecule has 0 bridgehead atoms. The minimum absolute atomic E-state index is 0.465. The molecule has 1 fully saturated rings. The van der Waals surface area contributed by atoms with Crippen molar-refractivity contribution in [3.05, 3.63) is 5.82 Å². The van der Waals surface area contributed by atoms with Gasteiger partial charge in [0.1, 0.15) is 11.5 Å². The number of nitrogens with zero attached hydrogens (tertiary/aromatic N) is 2. The molecular formula is C14H24N4O2. The molecule has 0 spiro atoms. The molecule has 2 rings (SSSR count). The Labute approximate surface area is 120 Å². The number of rotatable bonds is 9. The maximum absolute atomic E-state index is 6.08. The van der Waals surface area contributed by atoms with E-state index in [0.29, 0.717) is 43.1 Å². The van der Waals surface area contributed by atoms with E-state index in [4.69, 9.17) is 15.2 Å². The second-order valence-electron chi connectivity index (χ2n) is 5.05. The van der Waals surface area contributed by atoms with Crippen LogP contribution in [0.1, 0.15) is 44.3 Å². The smallest absolute Gasteiger partial charge is 0.242 e. The number of methoxy groups -OCH3 is 1. The summed E-state index contributed by atoms with van der Waals surface area (Å²) >= 11 is 0. The van der Waals surface area contributed by atoms with Gasteiger partial charge in [-0.2, -0.15) is 4.98 Å². The minimum atomic E-state index is 0.465. The van der Waals surface area contributed by atoms with E-state index < -0.39 is 0 Å². The lowest BCUT2D eigenvalue weighted by Gasteiger charge is -2.14. The first-order valence-electron chi connectivity index (χ1n) is 7.29. The summed E-state index contributed by atoms with van der Waals surface area (Å²) in [4.78, 5) is 8.98. The molecule has 0 radical (unpaired) electrons. The standard InChI is InChI=1S/C14H24N4O2/c1-3-4-8-20-14-11(15)13(16-7-9-19-2)17-12(18-14)10-5-6-10/h10H,3-9,15H2,1-2H3,(H,16,17,18). The molecule has 20 heavy (non-hydrogen) atoms. The SMILES string of the molecule is CCCCOc1nc(C2CC2)nc(NCCOC)c1N. The Bertz CT molecular complexity index is 404. The van der Waals surface area contributed by atoms with Crippen LogP contribution >= 0.6 is 0 Å². The van der Waals surface area contributed by atoms with E-state index in [1.807, 2.05) is 0 Å². The fourth-order valence-electron chi connectivity index (χ4n) is 1.82. The van der Waals surface area contributed by atoms with Gasteiger partial charge >= 0.3 is 0 Å². The molecule has 0 aliphatic heterocycles. The Balaban J connectivity index is 2.11. The lowest BCUT2D eigenvalue weighted by molar-refractivity contribution is 0.210. The van der Waals surface area contributed by atoms with Crippen LogP contribution in [0.2, 0.25) is 0 Å². The van der Waals surface area contributed by atoms with Crippen molar-refractivity contribution in [3.8, 4) is 5.88 Å². The van der Waals surface area contributed by atoms with Crippen molar-refractivity contribution < 1.29 is 9.47 Å². The van der Waals surface area contributed by atoms with Gasteiger partial charge in [-0.3, -0.25) is 0 Å². The maximum atomic E-state index is 6.08. The Morgan fingerprint density at radius 3 is 2.75 bits per heavy atom. The molecule has 1 heterocycles. The fraction of sp³-hybridized carbons (Fsp3) is 0.714. The third-order valence-corrected chi connectivity index (χ3v) is 3.21. The Kier molecular flexibility index (Phi) is 5.40. The van der Waals surface area contributed by atoms with E-state index in [1.54, 1.807) is 7.11 Å². The maximum Gasteiger partial charge on any atom is 0.242 e. The molecule has 0 unspecified atom stereocenters. The van der Waals surface area contributed by atoms with E-state index in [9.17, 15) is 0 Å². The second kappa shape index (κ2) is 7.28. The summed E-state index contributed by atoms with van der Waals surface area (Å²) in [7, 11) is 1.67. The molecule has 6 nitrogen and oxygen atoms in total. The third-order valence-electron chi connectivity index (χ3n) is 3.21. The lowest BCUT2D eigenvalue weighted by atomic mass is 10.3. The summed E-state index contributed by atoms with van der Waals surface area (Å²) in [6.45, 7) is 4.03. The van der Waals surface area contributed by atoms with E-state index in [2.05, 4.69) is 22.2 Å². The monoisotopic (exact) mass is 280 g/mol. The van der Waals surface area contributed by atoms with Crippen LogP contribution in [0.5, 0.6) is 5.88 Å². The topological polar surface area (TPSA) is 82.3 Å². The zero-order valence-corrected chi connectivity index (χ0v) is 12.3. The molecule has 1 aromatic heterocycles. The third kappa shape index (κ3) is 3.96. The Morgan fingerprint density at radius 2 is 2.10 bits per heavy atom. The molecule has 1 saturated carbocycles. The molecular weight excluding hydrogens is 256 g/mol. The molecule has 112 valence electrons. The quantitative estimate of drug-likeness (QED) is 0.675. The average molecular weight is 280 g/mol. The molecule has 1 aliphatic rings. The highest BCUT2D eigenvalue weighted by Crippen LogP contribution is 2.40. The molecule has 6 heteroatoms. The molecule has 0 atom stereocenters. The number of ether oxygens (including phenoxy) is 2. The predicted molar refractivity (Wildman–Crippen MR) is 79.2 cm³/mol. The predicted octanol–water partition coefficient (Wildman–Crippen LogP) is 2.17. The number of hydrogen-bond donors (Lipinski definition) is 2. The molecule has 1 aromatic rings. The number of nitrogens with two attached hydrogens (primary N) is 1. The van der Waals surface area contributed by atoms with Crippen molar-refractivity contribution in [3.63, 3.8) is 0 Å². The van der Waals surface area contributed by atoms with Crippen molar-refractivity contribution in [2.24, 2.45) is 0 Å². The van der Waals surface area contributed by atoms with Gasteiger partial charge in [0.2, 0.25) is 5.88 Å². The fourth-order valence-corrected chi connectivity index (χ4v) is 1.82. The van der Waals surface area contributed by atoms with Gasteiger partial charge < -0.3 is 20.5 Å². The molecule has 0 saturated heterocycles. The first-order valence-corrected chi connectivity index (χ1v) is 7.29. The summed E-state index contributed by atoms with van der Waals surface area (Å²) in [5.41, 5.74) is 6.57. The largest absolute Gasteiger partial charge is 0.476 e. The average Bonchev–Trinajstić information content (AvgIpc) is 3.27. The number of nitrogen functional groups attached to an aromatic ring is 1. The van der Waals surface area contributed by atoms with Gasteiger partial charge in [0.15, 0.2) is 5.82 Å². The number of anilines is 2. The summed E-state index contributed by atoms with van der Waals surface area (Å²) in [6, 6.07) is 0. The Morgan fingerprint density at radius 1 is 1.30 bits per heavy atom. The molecule has 0 amide bonds. The van der Waals surface area contributed by atoms with Crippen LogP contribution < -0.4 is 15.8 Å². The van der Waals surface area contributed by atoms with Crippen LogP contribution in [0.3, 0.4) is 0 Å². The van der Waals surface area contributed by atoms with Crippen molar-refractivity contribution >= 4 is 11.5 Å². The van der Waals surface area contributed by atoms with Gasteiger partial charge in [0, 0.05) is 19.6 Å². The number of aromatic nitrogens is 2. The Hall–Kier alpha value is -1.56. The van der Waals surface area contributed by atoms with E-state index in [0.717, 1.165) is 31.5 Å². The molecule has 3 N–H and O–H groups in total. The lowest BCUT2D eigenvalue weighted by Crippen LogP contribution is -2.14. The van der Waals surface area contributed by atoms with Crippen molar-refractivity contribution in [2.75, 3.05) is 37.9 Å². The highest BCUT2D eigenvalue weighted by Gasteiger charge is 2.28. The van der Waals surface area contributed by atoms with E-state index in [-0.39, 0.29) is 0 Å². The summed E-state index contributed by atoms with van der Waals surface area (Å²) in [5, 5.41) is 3.19. The first-order chi connectivity index (χ1) is 9.76. The summed E-state index contributed by atoms with van der Waals surface area (Å²) in [5.74, 6) is 2.47. The first kappa shape index (κ1) is 14.8. The van der Waals surface area contributed by atoms with Crippen molar-refractivity contribution in [2.45, 2.75) is 38.5 Å². The zero-order chi connectivity index (χ0) is 14.4. The molecule has 0 aromatic carbocycles. The summed E-state index contributed by atoms with van der Waals surface area (Å²) < 4.78 is 10.7. The van der Waals surface area contributed by atoms with Crippen LogP contribution in [0, 0.1) is 0 Å². The number of unbranched alkanes of at least 4 members (excludes halogenated alkanes) is 1.